The fourth-order valence-electron chi connectivity index (χ4n) is 4.15. The second-order valence-electron chi connectivity index (χ2n) is 7.63. The predicted octanol–water partition coefficient (Wildman–Crippen LogP) is 0.0629. The van der Waals surface area contributed by atoms with Crippen LogP contribution in [-0.2, 0) is 9.59 Å². The number of carbonyl (C=O) groups excluding carboxylic acids is 1. The van der Waals surface area contributed by atoms with Crippen LogP contribution in [0, 0.1) is 5.41 Å². The molecule has 1 amide bonds. The van der Waals surface area contributed by atoms with Gasteiger partial charge < -0.3 is 20.0 Å². The lowest BCUT2D eigenvalue weighted by Crippen LogP contribution is -2.58. The molecule has 9 nitrogen and oxygen atoms in total. The number of β-amino-alcohol motifs (C(OH)–C–C–N with tert-alkyl or cyclic N) is 1. The number of rotatable bonds is 6. The van der Waals surface area contributed by atoms with Crippen molar-refractivity contribution in [2.75, 3.05) is 50.7 Å². The Morgan fingerprint density at radius 2 is 1.86 bits per heavy atom. The Morgan fingerprint density at radius 3 is 2.43 bits per heavy atom. The van der Waals surface area contributed by atoms with Crippen molar-refractivity contribution < 1.29 is 19.8 Å². The third-order valence-corrected chi connectivity index (χ3v) is 5.90. The molecule has 3 heterocycles. The number of piperazine rings is 1. The second kappa shape index (κ2) is 8.83. The van der Waals surface area contributed by atoms with Crippen molar-refractivity contribution in [3.63, 3.8) is 0 Å². The summed E-state index contributed by atoms with van der Waals surface area (Å²) in [6.07, 6.45) is 3.81. The van der Waals surface area contributed by atoms with Gasteiger partial charge in [-0.2, -0.15) is 0 Å². The highest BCUT2D eigenvalue weighted by Crippen LogP contribution is 2.37. The van der Waals surface area contributed by atoms with Crippen molar-refractivity contribution in [2.24, 2.45) is 5.41 Å². The molecule has 0 saturated carbocycles. The molecule has 2 fully saturated rings. The molecule has 0 spiro atoms. The summed E-state index contributed by atoms with van der Waals surface area (Å²) in [5.74, 6) is -0.319. The molecule has 1 aromatic heterocycles. The Bertz CT molecular complexity index is 680. The first-order valence-corrected chi connectivity index (χ1v) is 9.90. The lowest BCUT2D eigenvalue weighted by molar-refractivity contribution is -0.167. The minimum absolute atomic E-state index is 0.0565. The van der Waals surface area contributed by atoms with Crippen LogP contribution >= 0.6 is 0 Å². The van der Waals surface area contributed by atoms with Crippen LogP contribution in [0.3, 0.4) is 0 Å². The van der Waals surface area contributed by atoms with Crippen LogP contribution in [0.1, 0.15) is 26.2 Å². The third-order valence-electron chi connectivity index (χ3n) is 5.90. The third kappa shape index (κ3) is 4.25. The van der Waals surface area contributed by atoms with Gasteiger partial charge in [0, 0.05) is 51.7 Å². The van der Waals surface area contributed by atoms with Crippen LogP contribution in [0.25, 0.3) is 0 Å². The Morgan fingerprint density at radius 1 is 1.18 bits per heavy atom. The minimum atomic E-state index is -1.13. The normalized spacial score (nSPS) is 26.3. The molecule has 3 rings (SSSR count). The Kier molecular flexibility index (Phi) is 6.46. The monoisotopic (exact) mass is 391 g/mol. The van der Waals surface area contributed by atoms with Gasteiger partial charge in [0.15, 0.2) is 0 Å². The maximum atomic E-state index is 12.7. The lowest BCUT2D eigenvalue weighted by atomic mass is 9.73. The molecule has 2 aliphatic rings. The molecule has 2 N–H and O–H groups in total. The van der Waals surface area contributed by atoms with Crippen molar-refractivity contribution in [1.29, 1.82) is 0 Å². The smallest absolute Gasteiger partial charge is 0.312 e. The number of aliphatic hydroxyl groups excluding tert-OH is 1. The van der Waals surface area contributed by atoms with Crippen LogP contribution < -0.4 is 4.90 Å². The lowest BCUT2D eigenvalue weighted by Gasteiger charge is -2.43. The van der Waals surface area contributed by atoms with Crippen LogP contribution in [-0.4, -0.2) is 93.8 Å². The predicted molar refractivity (Wildman–Crippen MR) is 103 cm³/mol. The van der Waals surface area contributed by atoms with Crippen molar-refractivity contribution in [3.8, 4) is 0 Å². The number of hydrogen-bond acceptors (Lipinski definition) is 7. The topological polar surface area (TPSA) is 110 Å². The highest BCUT2D eigenvalue weighted by atomic mass is 16.4. The zero-order valence-electron chi connectivity index (χ0n) is 16.3. The van der Waals surface area contributed by atoms with Crippen LogP contribution in [0.15, 0.2) is 18.5 Å². The molecule has 0 aromatic carbocycles. The van der Waals surface area contributed by atoms with E-state index in [9.17, 15) is 19.8 Å². The maximum Gasteiger partial charge on any atom is 0.312 e. The van der Waals surface area contributed by atoms with Gasteiger partial charge in [-0.3, -0.25) is 14.5 Å². The number of piperidine rings is 1. The van der Waals surface area contributed by atoms with Gasteiger partial charge in [0.05, 0.1) is 18.1 Å². The van der Waals surface area contributed by atoms with Gasteiger partial charge in [-0.25, -0.2) is 9.97 Å². The average Bonchev–Trinajstić information content (AvgIpc) is 2.70. The number of aliphatic hydroxyl groups is 1. The number of carbonyl (C=O) groups is 2. The molecule has 2 aliphatic heterocycles. The van der Waals surface area contributed by atoms with E-state index >= 15 is 0 Å². The Hall–Kier alpha value is -2.26. The van der Waals surface area contributed by atoms with E-state index in [1.54, 1.807) is 23.4 Å². The molecule has 2 saturated heterocycles. The molecule has 154 valence electrons. The second-order valence-corrected chi connectivity index (χ2v) is 7.63. The van der Waals surface area contributed by atoms with E-state index in [1.807, 2.05) is 6.92 Å². The molecule has 9 heteroatoms. The summed E-state index contributed by atoms with van der Waals surface area (Å²) in [6, 6.07) is 1.78. The zero-order valence-corrected chi connectivity index (χ0v) is 16.3. The first-order chi connectivity index (χ1) is 13.5. The Labute approximate surface area is 165 Å². The van der Waals surface area contributed by atoms with Gasteiger partial charge in [-0.15, -0.1) is 0 Å². The average molecular weight is 391 g/mol. The molecule has 2 atom stereocenters. The van der Waals surface area contributed by atoms with Gasteiger partial charge in [0.25, 0.3) is 0 Å². The fraction of sp³-hybridized carbons (Fsp3) is 0.684. The number of anilines is 1. The van der Waals surface area contributed by atoms with E-state index < -0.39 is 17.5 Å². The Balaban J connectivity index is 1.50. The summed E-state index contributed by atoms with van der Waals surface area (Å²) in [7, 11) is 0. The van der Waals surface area contributed by atoms with Crippen molar-refractivity contribution in [3.05, 3.63) is 18.5 Å². The van der Waals surface area contributed by atoms with Crippen molar-refractivity contribution >= 4 is 17.8 Å². The number of hydrogen-bond donors (Lipinski definition) is 2. The van der Waals surface area contributed by atoms with E-state index in [4.69, 9.17) is 0 Å². The molecular formula is C19H29N5O4. The molecule has 0 bridgehead atoms. The summed E-state index contributed by atoms with van der Waals surface area (Å²) in [5, 5.41) is 20.1. The summed E-state index contributed by atoms with van der Waals surface area (Å²) >= 11 is 0. The van der Waals surface area contributed by atoms with Gasteiger partial charge in [0.1, 0.15) is 0 Å². The number of aromatic nitrogens is 2. The highest BCUT2D eigenvalue weighted by Gasteiger charge is 2.48. The summed E-state index contributed by atoms with van der Waals surface area (Å²) in [5.41, 5.74) is -1.13. The summed E-state index contributed by atoms with van der Waals surface area (Å²) in [6.45, 7) is 5.61. The van der Waals surface area contributed by atoms with Gasteiger partial charge in [0.2, 0.25) is 11.9 Å². The summed E-state index contributed by atoms with van der Waals surface area (Å²) in [4.78, 5) is 38.7. The first-order valence-electron chi connectivity index (χ1n) is 9.90. The quantitative estimate of drug-likeness (QED) is 0.701. The van der Waals surface area contributed by atoms with Gasteiger partial charge in [-0.1, -0.05) is 13.3 Å². The molecule has 0 aliphatic carbocycles. The first kappa shape index (κ1) is 20.5. The van der Waals surface area contributed by atoms with E-state index in [-0.39, 0.29) is 19.0 Å². The minimum Gasteiger partial charge on any atom is -0.481 e. The van der Waals surface area contributed by atoms with Gasteiger partial charge in [-0.05, 0) is 18.9 Å². The number of carboxylic acid groups (broad SMARTS) is 1. The molecular weight excluding hydrogens is 362 g/mol. The SMILES string of the molecule is CCC[C@]1(C(=O)O)CCN(C(=O)CN2CCN(c3ncccn3)CC2)C[C@H]1O. The molecule has 1 aromatic rings. The van der Waals surface area contributed by atoms with E-state index in [0.717, 1.165) is 26.2 Å². The largest absolute Gasteiger partial charge is 0.481 e. The number of carboxylic acids is 1. The number of aliphatic carboxylic acids is 1. The molecule has 0 radical (unpaired) electrons. The number of amides is 1. The van der Waals surface area contributed by atoms with E-state index in [0.29, 0.717) is 31.8 Å². The van der Waals surface area contributed by atoms with Crippen LogP contribution in [0.5, 0.6) is 0 Å². The van der Waals surface area contributed by atoms with E-state index in [2.05, 4.69) is 19.8 Å². The van der Waals surface area contributed by atoms with Crippen molar-refractivity contribution in [2.45, 2.75) is 32.3 Å². The fourth-order valence-corrected chi connectivity index (χ4v) is 4.15. The standard InChI is InChI=1S/C19H29N5O4/c1-2-4-19(17(27)28)5-8-24(13-15(19)25)16(26)14-22-9-11-23(12-10-22)18-20-6-3-7-21-18/h3,6-7,15,25H,2,4-5,8-14H2,1H3,(H,27,28)/t15-,19+/m1/s1. The van der Waals surface area contributed by atoms with E-state index in [1.165, 1.54) is 0 Å². The zero-order chi connectivity index (χ0) is 20.1. The van der Waals surface area contributed by atoms with Crippen molar-refractivity contribution in [1.82, 2.24) is 19.8 Å². The number of likely N-dealkylation sites (tertiary alicyclic amines) is 1. The molecule has 28 heavy (non-hydrogen) atoms. The van der Waals surface area contributed by atoms with Crippen LogP contribution in [0.4, 0.5) is 5.95 Å². The maximum absolute atomic E-state index is 12.7. The molecule has 0 unspecified atom stereocenters. The van der Waals surface area contributed by atoms with Gasteiger partial charge >= 0.3 is 5.97 Å². The number of nitrogens with zero attached hydrogens (tertiary/aromatic N) is 5. The summed E-state index contributed by atoms with van der Waals surface area (Å²) < 4.78 is 0. The highest BCUT2D eigenvalue weighted by molar-refractivity contribution is 5.80. The van der Waals surface area contributed by atoms with Crippen LogP contribution in [0.2, 0.25) is 0 Å².